The van der Waals surface area contributed by atoms with E-state index in [-0.39, 0.29) is 36.2 Å². The fraction of sp³-hybridized carbons (Fsp3) is 0.231. The molecular weight excluding hydrogens is 915 g/mol. The Labute approximate surface area is 330 Å². The summed E-state index contributed by atoms with van der Waals surface area (Å²) in [5.41, 5.74) is 4.07. The number of phenolic OH excluding ortho intramolecular Hbond substituents is 1. The van der Waals surface area contributed by atoms with Gasteiger partial charge in [0.05, 0.1) is 45.2 Å². The summed E-state index contributed by atoms with van der Waals surface area (Å²) in [6.07, 6.45) is 2.32. The zero-order chi connectivity index (χ0) is 36.6. The molecule has 6 unspecified atom stereocenters. The number of benzene rings is 4. The van der Waals surface area contributed by atoms with Crippen molar-refractivity contribution in [2.24, 2.45) is 23.7 Å². The highest BCUT2D eigenvalue weighted by atomic mass is 127. The van der Waals surface area contributed by atoms with Crippen molar-refractivity contribution >= 4 is 91.8 Å². The van der Waals surface area contributed by atoms with Crippen LogP contribution in [0, 0.1) is 36.6 Å². The molecule has 8 rings (SSSR count). The summed E-state index contributed by atoms with van der Waals surface area (Å²) in [5.74, 6) is -5.96. The number of phenols is 1. The zero-order valence-corrected chi connectivity index (χ0v) is 32.4. The Balaban J connectivity index is 1.35. The number of methoxy groups -OCH3 is 1. The fourth-order valence-corrected chi connectivity index (χ4v) is 9.90. The number of aromatic hydroxyl groups is 1. The van der Waals surface area contributed by atoms with Gasteiger partial charge in [-0.1, -0.05) is 35.4 Å². The minimum Gasteiger partial charge on any atom is -0.504 e. The van der Waals surface area contributed by atoms with E-state index in [1.54, 1.807) is 48.5 Å². The SMILES string of the molecule is COc1cc(C2C3=CCC4C(=O)N(c5ccc(I)cc5)C(=O)C4C3CC3C(=O)N(Nc4ccc(F)cc4)C(=O)C32c2ccc(Cl)cc2)cc(I)c1O. The van der Waals surface area contributed by atoms with E-state index >= 15 is 4.79 Å². The predicted octanol–water partition coefficient (Wildman–Crippen LogP) is 7.59. The quantitative estimate of drug-likeness (QED) is 0.116. The number of imide groups is 2. The maximum absolute atomic E-state index is 15.3. The van der Waals surface area contributed by atoms with Crippen molar-refractivity contribution in [3.05, 3.63) is 126 Å². The van der Waals surface area contributed by atoms with Crippen LogP contribution in [0.25, 0.3) is 0 Å². The van der Waals surface area contributed by atoms with Gasteiger partial charge in [0.2, 0.25) is 11.8 Å². The molecule has 52 heavy (non-hydrogen) atoms. The van der Waals surface area contributed by atoms with Gasteiger partial charge in [-0.25, -0.2) is 4.39 Å². The Kier molecular flexibility index (Phi) is 8.84. The molecule has 3 fully saturated rings. The first-order valence-corrected chi connectivity index (χ1v) is 19.1. The Morgan fingerprint density at radius 3 is 2.27 bits per heavy atom. The average Bonchev–Trinajstić information content (AvgIpc) is 3.51. The molecule has 2 aliphatic heterocycles. The van der Waals surface area contributed by atoms with Crippen molar-refractivity contribution in [1.29, 1.82) is 0 Å². The number of rotatable bonds is 6. The Hall–Kier alpha value is -4.02. The van der Waals surface area contributed by atoms with Gasteiger partial charge in [-0.2, -0.15) is 5.01 Å². The first-order chi connectivity index (χ1) is 24.9. The summed E-state index contributed by atoms with van der Waals surface area (Å²) in [7, 11) is 1.43. The number of anilines is 2. The summed E-state index contributed by atoms with van der Waals surface area (Å²) in [6, 6.07) is 22.8. The van der Waals surface area contributed by atoms with Crippen LogP contribution in [-0.2, 0) is 24.6 Å². The molecule has 2 saturated heterocycles. The molecule has 2 aliphatic carbocycles. The van der Waals surface area contributed by atoms with Gasteiger partial charge in [-0.05, 0) is 148 Å². The minimum atomic E-state index is -1.56. The largest absolute Gasteiger partial charge is 0.504 e. The summed E-state index contributed by atoms with van der Waals surface area (Å²) in [5, 5.41) is 12.3. The van der Waals surface area contributed by atoms with Crippen LogP contribution in [0.4, 0.5) is 15.8 Å². The van der Waals surface area contributed by atoms with Crippen molar-refractivity contribution in [2.75, 3.05) is 17.4 Å². The maximum atomic E-state index is 15.3. The van der Waals surface area contributed by atoms with E-state index in [4.69, 9.17) is 16.3 Å². The van der Waals surface area contributed by atoms with Gasteiger partial charge in [0.1, 0.15) is 5.82 Å². The third kappa shape index (κ3) is 5.26. The third-order valence-corrected chi connectivity index (χ3v) is 12.7. The van der Waals surface area contributed by atoms with E-state index in [2.05, 4.69) is 28.0 Å². The number of nitrogens with one attached hydrogen (secondary N) is 1. The number of nitrogens with zero attached hydrogens (tertiary/aromatic N) is 2. The van der Waals surface area contributed by atoms with Gasteiger partial charge in [-0.3, -0.25) is 29.5 Å². The molecule has 0 bridgehead atoms. The van der Waals surface area contributed by atoms with E-state index in [0.29, 0.717) is 31.1 Å². The smallest absolute Gasteiger partial charge is 0.260 e. The highest BCUT2D eigenvalue weighted by Gasteiger charge is 2.70. The second-order valence-electron chi connectivity index (χ2n) is 13.4. The number of carbonyl (C=O) groups is 4. The monoisotopic (exact) mass is 943 g/mol. The van der Waals surface area contributed by atoms with E-state index in [9.17, 15) is 23.9 Å². The van der Waals surface area contributed by atoms with E-state index in [1.807, 2.05) is 40.8 Å². The van der Waals surface area contributed by atoms with E-state index in [1.165, 1.54) is 36.3 Å². The molecule has 2 N–H and O–H groups in total. The van der Waals surface area contributed by atoms with E-state index < -0.39 is 52.6 Å². The van der Waals surface area contributed by atoms with Gasteiger partial charge in [-0.15, -0.1) is 0 Å². The minimum absolute atomic E-state index is 0.0767. The molecular formula is C39H29ClFI2N3O6. The Morgan fingerprint density at radius 2 is 1.60 bits per heavy atom. The molecule has 1 saturated carbocycles. The van der Waals surface area contributed by atoms with Gasteiger partial charge >= 0.3 is 0 Å². The molecule has 4 aromatic rings. The lowest BCUT2D eigenvalue weighted by atomic mass is 9.49. The first-order valence-electron chi connectivity index (χ1n) is 16.5. The lowest BCUT2D eigenvalue weighted by Gasteiger charge is -2.50. The van der Waals surface area contributed by atoms with Crippen LogP contribution in [-0.4, -0.2) is 40.9 Å². The molecule has 4 amide bonds. The van der Waals surface area contributed by atoms with Crippen LogP contribution in [0.2, 0.25) is 5.02 Å². The second-order valence-corrected chi connectivity index (χ2v) is 16.3. The van der Waals surface area contributed by atoms with Gasteiger partial charge < -0.3 is 9.84 Å². The van der Waals surface area contributed by atoms with Crippen LogP contribution >= 0.6 is 56.8 Å². The topological polar surface area (TPSA) is 116 Å². The number of ether oxygens (including phenoxy) is 1. The Bertz CT molecular complexity index is 2200. The van der Waals surface area contributed by atoms with Crippen LogP contribution in [0.5, 0.6) is 11.5 Å². The van der Waals surface area contributed by atoms with Crippen LogP contribution in [0.1, 0.15) is 29.9 Å². The lowest BCUT2D eigenvalue weighted by molar-refractivity contribution is -0.138. The van der Waals surface area contributed by atoms with Crippen molar-refractivity contribution in [1.82, 2.24) is 5.01 Å². The van der Waals surface area contributed by atoms with Gasteiger partial charge in [0.15, 0.2) is 11.5 Å². The number of carbonyl (C=O) groups excluding carboxylic acids is 4. The number of halogens is 4. The number of hydrazine groups is 1. The number of fused-ring (bicyclic) bond motifs is 4. The van der Waals surface area contributed by atoms with Gasteiger partial charge in [0.25, 0.3) is 11.8 Å². The molecule has 13 heteroatoms. The standard InChI is InChI=1S/C39H29ClFI2N3O6/c1-52-31-17-19(16-30(43)34(31)47)33-26-14-15-27-32(37(50)45(35(27)48)25-12-8-23(42)9-13-25)28(26)18-29-36(49)46(44-24-10-6-22(41)7-11-24)38(51)39(29,33)20-2-4-21(40)5-3-20/h2-14,16-17,27-29,32-33,44,47H,15,18H2,1H3. The van der Waals surface area contributed by atoms with Crippen LogP contribution in [0.3, 0.4) is 0 Å². The molecule has 9 nitrogen and oxygen atoms in total. The summed E-state index contributed by atoms with van der Waals surface area (Å²) >= 11 is 10.5. The molecule has 4 aromatic carbocycles. The molecule has 264 valence electrons. The molecule has 2 heterocycles. The summed E-state index contributed by atoms with van der Waals surface area (Å²) in [6.45, 7) is 0. The molecule has 4 aliphatic rings. The normalized spacial score (nSPS) is 26.6. The van der Waals surface area contributed by atoms with Crippen molar-refractivity contribution in [3.63, 3.8) is 0 Å². The Morgan fingerprint density at radius 1 is 0.904 bits per heavy atom. The highest BCUT2D eigenvalue weighted by molar-refractivity contribution is 14.1. The summed E-state index contributed by atoms with van der Waals surface area (Å²) in [4.78, 5) is 59.9. The summed E-state index contributed by atoms with van der Waals surface area (Å²) < 4.78 is 20.9. The molecule has 6 atom stereocenters. The fourth-order valence-electron chi connectivity index (χ4n) is 8.79. The third-order valence-electron chi connectivity index (χ3n) is 10.9. The zero-order valence-electron chi connectivity index (χ0n) is 27.4. The van der Waals surface area contributed by atoms with E-state index in [0.717, 1.165) is 14.2 Å². The van der Waals surface area contributed by atoms with Crippen molar-refractivity contribution in [3.8, 4) is 11.5 Å². The number of hydrogen-bond donors (Lipinski definition) is 2. The maximum Gasteiger partial charge on any atom is 0.260 e. The number of hydrogen-bond acceptors (Lipinski definition) is 7. The van der Waals surface area contributed by atoms with Crippen LogP contribution in [0.15, 0.2) is 96.6 Å². The van der Waals surface area contributed by atoms with Crippen molar-refractivity contribution < 1.29 is 33.4 Å². The van der Waals surface area contributed by atoms with Gasteiger partial charge in [0, 0.05) is 14.5 Å². The molecule has 0 aromatic heterocycles. The lowest BCUT2D eigenvalue weighted by Crippen LogP contribution is -2.53. The number of amides is 4. The molecule has 0 radical (unpaired) electrons. The average molecular weight is 944 g/mol. The highest BCUT2D eigenvalue weighted by Crippen LogP contribution is 2.64. The van der Waals surface area contributed by atoms with Crippen molar-refractivity contribution in [2.45, 2.75) is 24.2 Å². The second kappa shape index (κ2) is 13.1. The molecule has 0 spiro atoms. The first kappa shape index (κ1) is 35.0. The predicted molar refractivity (Wildman–Crippen MR) is 208 cm³/mol. The van der Waals surface area contributed by atoms with Crippen LogP contribution < -0.4 is 15.1 Å². The number of allylic oxidation sites excluding steroid dienone is 2.